The Morgan fingerprint density at radius 3 is 2.28 bits per heavy atom. The number of ether oxygens (including phenoxy) is 1. The van der Waals surface area contributed by atoms with Gasteiger partial charge in [-0.25, -0.2) is 25.8 Å². The van der Waals surface area contributed by atoms with E-state index in [2.05, 4.69) is 11.1 Å². The molecule has 36 heavy (non-hydrogen) atoms. The van der Waals surface area contributed by atoms with E-state index in [4.69, 9.17) is 4.74 Å². The van der Waals surface area contributed by atoms with Crippen molar-refractivity contribution in [2.24, 2.45) is 5.92 Å². The molecule has 0 saturated carbocycles. The van der Waals surface area contributed by atoms with Gasteiger partial charge in [0.1, 0.15) is 0 Å². The van der Waals surface area contributed by atoms with Crippen LogP contribution in [0.1, 0.15) is 24.1 Å². The van der Waals surface area contributed by atoms with Gasteiger partial charge in [-0.3, -0.25) is 0 Å². The molecule has 1 saturated heterocycles. The number of allylic oxidation sites excluding steroid dienone is 1. The van der Waals surface area contributed by atoms with Crippen LogP contribution in [0.2, 0.25) is 0 Å². The van der Waals surface area contributed by atoms with Gasteiger partial charge >= 0.3 is 0 Å². The minimum absolute atomic E-state index is 0.159. The van der Waals surface area contributed by atoms with Gasteiger partial charge < -0.3 is 4.74 Å². The van der Waals surface area contributed by atoms with Crippen LogP contribution in [-0.2, 0) is 24.6 Å². The topological polar surface area (TPSA) is 95.3 Å². The van der Waals surface area contributed by atoms with Crippen molar-refractivity contribution in [3.05, 3.63) is 96.3 Å². The van der Waals surface area contributed by atoms with Gasteiger partial charge in [0, 0.05) is 36.6 Å². The van der Waals surface area contributed by atoms with Crippen molar-refractivity contribution >= 4 is 36.5 Å². The maximum atomic E-state index is 13.9. The lowest BCUT2D eigenvalue weighted by Gasteiger charge is -2.21. The van der Waals surface area contributed by atoms with Crippen molar-refractivity contribution in [3.63, 3.8) is 0 Å². The maximum Gasteiger partial charge on any atom is 0.269 e. The second-order valence-corrected chi connectivity index (χ2v) is 12.7. The van der Waals surface area contributed by atoms with E-state index in [0.717, 1.165) is 24.7 Å². The van der Waals surface area contributed by atoms with Gasteiger partial charge in [0.25, 0.3) is 10.0 Å². The van der Waals surface area contributed by atoms with Crippen LogP contribution < -0.4 is 0 Å². The molecule has 3 heterocycles. The minimum Gasteiger partial charge on any atom is -0.381 e. The van der Waals surface area contributed by atoms with E-state index >= 15 is 0 Å². The molecular weight excluding hydrogens is 496 g/mol. The summed E-state index contributed by atoms with van der Waals surface area (Å²) in [5.74, 6) is 0.183. The van der Waals surface area contributed by atoms with E-state index < -0.39 is 19.9 Å². The summed E-state index contributed by atoms with van der Waals surface area (Å²) in [6, 6.07) is 20.3. The summed E-state index contributed by atoms with van der Waals surface area (Å²) in [6.07, 6.45) is 6.45. The van der Waals surface area contributed by atoms with Gasteiger partial charge in [0.05, 0.1) is 15.5 Å². The number of hydrogen-bond donors (Lipinski definition) is 0. The Hall–Kier alpha value is -3.27. The lowest BCUT2D eigenvalue weighted by Crippen LogP contribution is -2.17. The zero-order valence-electron chi connectivity index (χ0n) is 19.7. The van der Waals surface area contributed by atoms with Crippen molar-refractivity contribution in [2.45, 2.75) is 22.6 Å². The zero-order valence-corrected chi connectivity index (χ0v) is 21.4. The van der Waals surface area contributed by atoms with E-state index in [-0.39, 0.29) is 15.7 Å². The minimum atomic E-state index is -3.99. The Kier molecular flexibility index (Phi) is 6.55. The first kappa shape index (κ1) is 24.4. The van der Waals surface area contributed by atoms with Crippen LogP contribution in [-0.4, -0.2) is 45.3 Å². The average molecular weight is 523 g/mol. The Labute approximate surface area is 211 Å². The van der Waals surface area contributed by atoms with Crippen LogP contribution in [0, 0.1) is 5.92 Å². The third-order valence-electron chi connectivity index (χ3n) is 6.34. The molecule has 1 aliphatic heterocycles. The fraction of sp³-hybridized carbons (Fsp3) is 0.222. The smallest absolute Gasteiger partial charge is 0.269 e. The van der Waals surface area contributed by atoms with Crippen LogP contribution >= 0.6 is 0 Å². The van der Waals surface area contributed by atoms with Gasteiger partial charge in [0.2, 0.25) is 0 Å². The highest BCUT2D eigenvalue weighted by Crippen LogP contribution is 2.34. The molecule has 0 atom stereocenters. The molecule has 2 aromatic heterocycles. The lowest BCUT2D eigenvalue weighted by molar-refractivity contribution is 0.0786. The van der Waals surface area contributed by atoms with Crippen molar-refractivity contribution in [3.8, 4) is 0 Å². The van der Waals surface area contributed by atoms with Crippen LogP contribution in [0.3, 0.4) is 0 Å². The number of hydrogen-bond acceptors (Lipinski definition) is 6. The SMILES string of the molecule is CS(=O)(=O)c1ccc(C(=CC2CCOCC2)c2cc3cccnc3n2S(=O)(=O)c2ccccc2)cc1. The fourth-order valence-electron chi connectivity index (χ4n) is 4.47. The molecule has 1 aliphatic rings. The molecule has 4 aromatic rings. The quantitative estimate of drug-likeness (QED) is 0.369. The predicted molar refractivity (Wildman–Crippen MR) is 139 cm³/mol. The summed E-state index contributed by atoms with van der Waals surface area (Å²) >= 11 is 0. The zero-order chi connectivity index (χ0) is 25.3. The second-order valence-electron chi connectivity index (χ2n) is 8.85. The Balaban J connectivity index is 1.77. The second kappa shape index (κ2) is 9.65. The van der Waals surface area contributed by atoms with E-state index in [0.29, 0.717) is 35.5 Å². The van der Waals surface area contributed by atoms with E-state index in [1.54, 1.807) is 66.9 Å². The molecule has 2 aromatic carbocycles. The number of fused-ring (bicyclic) bond motifs is 1. The summed E-state index contributed by atoms with van der Waals surface area (Å²) in [5.41, 5.74) is 2.24. The third-order valence-corrected chi connectivity index (χ3v) is 9.19. The number of nitrogens with zero attached hydrogens (tertiary/aromatic N) is 2. The molecule has 9 heteroatoms. The van der Waals surface area contributed by atoms with E-state index in [9.17, 15) is 16.8 Å². The first-order valence-electron chi connectivity index (χ1n) is 11.6. The van der Waals surface area contributed by atoms with Crippen LogP contribution in [0.15, 0.2) is 94.9 Å². The highest BCUT2D eigenvalue weighted by Gasteiger charge is 2.27. The first-order valence-corrected chi connectivity index (χ1v) is 15.0. The Morgan fingerprint density at radius 2 is 1.61 bits per heavy atom. The van der Waals surface area contributed by atoms with Gasteiger partial charge in [-0.1, -0.05) is 36.4 Å². The van der Waals surface area contributed by atoms with Crippen molar-refractivity contribution in [1.29, 1.82) is 0 Å². The molecular formula is C27H26N2O5S2. The van der Waals surface area contributed by atoms with Gasteiger partial charge in [-0.2, -0.15) is 0 Å². The summed E-state index contributed by atoms with van der Waals surface area (Å²) < 4.78 is 58.8. The highest BCUT2D eigenvalue weighted by atomic mass is 32.2. The normalized spacial score (nSPS) is 15.9. The lowest BCUT2D eigenvalue weighted by atomic mass is 9.93. The molecule has 5 rings (SSSR count). The molecule has 7 nitrogen and oxygen atoms in total. The number of benzene rings is 2. The third kappa shape index (κ3) is 4.74. The molecule has 0 amide bonds. The summed E-state index contributed by atoms with van der Waals surface area (Å²) in [5, 5.41) is 0.692. The number of pyridine rings is 1. The Morgan fingerprint density at radius 1 is 0.917 bits per heavy atom. The highest BCUT2D eigenvalue weighted by molar-refractivity contribution is 7.90. The van der Waals surface area contributed by atoms with Crippen molar-refractivity contribution in [1.82, 2.24) is 8.96 Å². The Bertz CT molecular complexity index is 1630. The van der Waals surface area contributed by atoms with Gasteiger partial charge in [0.15, 0.2) is 15.5 Å². The van der Waals surface area contributed by atoms with E-state index in [1.165, 1.54) is 3.97 Å². The van der Waals surface area contributed by atoms with Crippen LogP contribution in [0.25, 0.3) is 16.6 Å². The molecule has 0 N–H and O–H groups in total. The van der Waals surface area contributed by atoms with E-state index in [1.807, 2.05) is 12.1 Å². The van der Waals surface area contributed by atoms with Crippen molar-refractivity contribution in [2.75, 3.05) is 19.5 Å². The first-order chi connectivity index (χ1) is 17.2. The molecule has 0 spiro atoms. The summed E-state index contributed by atoms with van der Waals surface area (Å²) in [7, 11) is -7.36. The molecule has 1 fully saturated rings. The number of sulfone groups is 1. The molecule has 0 aliphatic carbocycles. The van der Waals surface area contributed by atoms with Crippen LogP contribution in [0.4, 0.5) is 0 Å². The number of aromatic nitrogens is 2. The summed E-state index contributed by atoms with van der Waals surface area (Å²) in [6.45, 7) is 1.27. The van der Waals surface area contributed by atoms with Gasteiger partial charge in [-0.05, 0) is 66.8 Å². The van der Waals surface area contributed by atoms with Gasteiger partial charge in [-0.15, -0.1) is 0 Å². The fourth-order valence-corrected chi connectivity index (χ4v) is 6.60. The standard InChI is InChI=1S/C27H26N2O5S2/c1-35(30,31)23-11-9-21(10-12-23)25(18-20-13-16-34-17-14-20)26-19-22-6-5-15-28-27(22)29(26)36(32,33)24-7-3-2-4-8-24/h2-12,15,18-20H,13-14,16-17H2,1H3. The number of rotatable bonds is 6. The largest absolute Gasteiger partial charge is 0.381 e. The average Bonchev–Trinajstić information content (AvgIpc) is 3.28. The molecule has 186 valence electrons. The monoisotopic (exact) mass is 522 g/mol. The molecule has 0 unspecified atom stereocenters. The van der Waals surface area contributed by atoms with Crippen LogP contribution in [0.5, 0.6) is 0 Å². The maximum absolute atomic E-state index is 13.9. The molecule has 0 radical (unpaired) electrons. The molecule has 0 bridgehead atoms. The van der Waals surface area contributed by atoms with Crippen molar-refractivity contribution < 1.29 is 21.6 Å². The summed E-state index contributed by atoms with van der Waals surface area (Å²) in [4.78, 5) is 4.78. The predicted octanol–water partition coefficient (Wildman–Crippen LogP) is 4.54.